The molecule has 2 atom stereocenters. The summed E-state index contributed by atoms with van der Waals surface area (Å²) >= 11 is 0. The minimum Gasteiger partial charge on any atom is -0.341 e. The van der Waals surface area contributed by atoms with Gasteiger partial charge in [0.25, 0.3) is 0 Å². The summed E-state index contributed by atoms with van der Waals surface area (Å²) in [6.07, 6.45) is 2.61. The van der Waals surface area contributed by atoms with Crippen LogP contribution in [0.5, 0.6) is 0 Å². The highest BCUT2D eigenvalue weighted by molar-refractivity contribution is 8.13. The van der Waals surface area contributed by atoms with E-state index in [-0.39, 0.29) is 17.6 Å². The van der Waals surface area contributed by atoms with E-state index in [0.29, 0.717) is 19.0 Å². The summed E-state index contributed by atoms with van der Waals surface area (Å²) in [6.45, 7) is 5.49. The van der Waals surface area contributed by atoms with Gasteiger partial charge in [0.1, 0.15) is 0 Å². The lowest BCUT2D eigenvalue weighted by Gasteiger charge is -2.27. The van der Waals surface area contributed by atoms with Crippen LogP contribution in [0, 0.1) is 5.92 Å². The molecule has 2 saturated heterocycles. The molecule has 0 aliphatic carbocycles. The molecule has 2 aliphatic rings. The molecule has 2 rings (SSSR count). The van der Waals surface area contributed by atoms with Crippen molar-refractivity contribution in [2.24, 2.45) is 5.92 Å². The van der Waals surface area contributed by atoms with Gasteiger partial charge in [0.05, 0.1) is 5.75 Å². The first-order chi connectivity index (χ1) is 8.89. The fraction of sp³-hybridized carbons (Fsp3) is 0.917. The van der Waals surface area contributed by atoms with Crippen molar-refractivity contribution in [1.82, 2.24) is 9.80 Å². The van der Waals surface area contributed by atoms with E-state index in [2.05, 4.69) is 11.8 Å². The summed E-state index contributed by atoms with van der Waals surface area (Å²) in [6, 6.07) is 0.431. The number of halogens is 1. The zero-order valence-electron chi connectivity index (χ0n) is 11.2. The van der Waals surface area contributed by atoms with Crippen molar-refractivity contribution < 1.29 is 13.2 Å². The van der Waals surface area contributed by atoms with Crippen molar-refractivity contribution in [2.75, 3.05) is 31.9 Å². The zero-order valence-corrected chi connectivity index (χ0v) is 12.8. The summed E-state index contributed by atoms with van der Waals surface area (Å²) in [4.78, 5) is 16.1. The van der Waals surface area contributed by atoms with Gasteiger partial charge in [-0.05, 0) is 25.9 Å². The zero-order chi connectivity index (χ0) is 14.0. The van der Waals surface area contributed by atoms with Gasteiger partial charge in [-0.25, -0.2) is 8.42 Å². The predicted molar refractivity (Wildman–Crippen MR) is 74.6 cm³/mol. The monoisotopic (exact) mass is 308 g/mol. The van der Waals surface area contributed by atoms with Crippen molar-refractivity contribution in [3.8, 4) is 0 Å². The number of rotatable bonds is 5. The number of amides is 1. The highest BCUT2D eigenvalue weighted by atomic mass is 35.7. The number of likely N-dealkylation sites (tertiary alicyclic amines) is 2. The molecule has 0 spiro atoms. The molecule has 7 heteroatoms. The summed E-state index contributed by atoms with van der Waals surface area (Å²) in [5, 5.41) is 0. The molecule has 0 saturated carbocycles. The Morgan fingerprint density at radius 2 is 2.16 bits per heavy atom. The minimum absolute atomic E-state index is 0.0632. The van der Waals surface area contributed by atoms with Gasteiger partial charge in [-0.2, -0.15) is 0 Å². The molecule has 0 N–H and O–H groups in total. The molecule has 2 fully saturated rings. The topological polar surface area (TPSA) is 57.7 Å². The molecule has 0 bridgehead atoms. The van der Waals surface area contributed by atoms with E-state index in [1.807, 2.05) is 4.90 Å². The van der Waals surface area contributed by atoms with Crippen LogP contribution in [0.2, 0.25) is 0 Å². The third kappa shape index (κ3) is 4.07. The molecular weight excluding hydrogens is 288 g/mol. The Morgan fingerprint density at radius 3 is 2.79 bits per heavy atom. The smallest absolute Gasteiger partial charge is 0.232 e. The molecule has 0 aromatic rings. The first-order valence-corrected chi connectivity index (χ1v) is 9.31. The van der Waals surface area contributed by atoms with Gasteiger partial charge < -0.3 is 4.90 Å². The number of likely N-dealkylation sites (N-methyl/N-ethyl adjacent to an activating group) is 1. The third-order valence-corrected chi connectivity index (χ3v) is 5.31. The number of carbonyl (C=O) groups is 1. The van der Waals surface area contributed by atoms with E-state index in [1.165, 1.54) is 6.42 Å². The molecule has 2 unspecified atom stereocenters. The van der Waals surface area contributed by atoms with Crippen molar-refractivity contribution >= 4 is 25.6 Å². The lowest BCUT2D eigenvalue weighted by atomic mass is 10.1. The van der Waals surface area contributed by atoms with Crippen molar-refractivity contribution in [2.45, 2.75) is 32.2 Å². The Labute approximate surface area is 119 Å². The fourth-order valence-electron chi connectivity index (χ4n) is 3.20. The Kier molecular flexibility index (Phi) is 4.74. The summed E-state index contributed by atoms with van der Waals surface area (Å²) in [5.74, 6) is -0.182. The van der Waals surface area contributed by atoms with E-state index in [0.717, 1.165) is 26.1 Å². The Bertz CT molecular complexity index is 440. The van der Waals surface area contributed by atoms with Crippen molar-refractivity contribution in [1.29, 1.82) is 0 Å². The maximum atomic E-state index is 11.9. The normalized spacial score (nSPS) is 29.4. The maximum Gasteiger partial charge on any atom is 0.232 e. The number of hydrogen-bond donors (Lipinski definition) is 0. The average Bonchev–Trinajstić information content (AvgIpc) is 2.84. The lowest BCUT2D eigenvalue weighted by Crippen LogP contribution is -2.41. The Hall–Kier alpha value is -0.330. The average molecular weight is 309 g/mol. The molecule has 0 aromatic heterocycles. The van der Waals surface area contributed by atoms with E-state index < -0.39 is 9.05 Å². The van der Waals surface area contributed by atoms with Crippen LogP contribution in [0.15, 0.2) is 0 Å². The molecule has 2 heterocycles. The van der Waals surface area contributed by atoms with Crippen LogP contribution in [0.3, 0.4) is 0 Å². The van der Waals surface area contributed by atoms with Crippen LogP contribution in [-0.4, -0.2) is 62.1 Å². The molecule has 0 aromatic carbocycles. The molecule has 2 aliphatic heterocycles. The van der Waals surface area contributed by atoms with Crippen LogP contribution < -0.4 is 0 Å². The Morgan fingerprint density at radius 1 is 1.42 bits per heavy atom. The quantitative estimate of drug-likeness (QED) is 0.708. The minimum atomic E-state index is -3.51. The van der Waals surface area contributed by atoms with E-state index in [4.69, 9.17) is 10.7 Å². The van der Waals surface area contributed by atoms with Gasteiger partial charge in [-0.1, -0.05) is 6.92 Å². The van der Waals surface area contributed by atoms with Gasteiger partial charge in [0.2, 0.25) is 15.0 Å². The van der Waals surface area contributed by atoms with Gasteiger partial charge >= 0.3 is 0 Å². The van der Waals surface area contributed by atoms with Gasteiger partial charge in [-0.15, -0.1) is 0 Å². The first kappa shape index (κ1) is 15.1. The van der Waals surface area contributed by atoms with Crippen LogP contribution in [0.1, 0.15) is 26.2 Å². The summed E-state index contributed by atoms with van der Waals surface area (Å²) in [5.41, 5.74) is 0. The van der Waals surface area contributed by atoms with Gasteiger partial charge in [0, 0.05) is 42.2 Å². The molecule has 5 nitrogen and oxygen atoms in total. The molecule has 0 radical (unpaired) electrons. The Balaban J connectivity index is 1.90. The van der Waals surface area contributed by atoms with Crippen LogP contribution in [0.25, 0.3) is 0 Å². The first-order valence-electron chi connectivity index (χ1n) is 6.83. The summed E-state index contributed by atoms with van der Waals surface area (Å²) < 4.78 is 22.1. The van der Waals surface area contributed by atoms with Gasteiger partial charge in [-0.3, -0.25) is 9.69 Å². The second-order valence-corrected chi connectivity index (χ2v) is 8.32. The van der Waals surface area contributed by atoms with E-state index in [1.54, 1.807) is 0 Å². The highest BCUT2D eigenvalue weighted by Gasteiger charge is 2.35. The van der Waals surface area contributed by atoms with Crippen LogP contribution in [0.4, 0.5) is 0 Å². The SMILES string of the molecule is CCN1CCCC1CN1CC(CS(=O)(=O)Cl)CC1=O. The maximum absolute atomic E-state index is 11.9. The standard InChI is InChI=1S/C12H21ClN2O3S/c1-2-14-5-3-4-11(14)8-15-7-10(6-12(15)16)9-19(13,17)18/h10-11H,2-9H2,1H3. The molecule has 19 heavy (non-hydrogen) atoms. The molecule has 110 valence electrons. The number of hydrogen-bond acceptors (Lipinski definition) is 4. The van der Waals surface area contributed by atoms with Crippen molar-refractivity contribution in [3.63, 3.8) is 0 Å². The van der Waals surface area contributed by atoms with Crippen LogP contribution >= 0.6 is 10.7 Å². The summed E-state index contributed by atoms with van der Waals surface area (Å²) in [7, 11) is 1.74. The predicted octanol–water partition coefficient (Wildman–Crippen LogP) is 0.888. The number of carbonyl (C=O) groups excluding carboxylic acids is 1. The molecule has 1 amide bonds. The van der Waals surface area contributed by atoms with E-state index in [9.17, 15) is 13.2 Å². The second kappa shape index (κ2) is 5.97. The lowest BCUT2D eigenvalue weighted by molar-refractivity contribution is -0.128. The fourth-order valence-corrected chi connectivity index (χ4v) is 4.52. The van der Waals surface area contributed by atoms with Crippen molar-refractivity contribution in [3.05, 3.63) is 0 Å². The van der Waals surface area contributed by atoms with E-state index >= 15 is 0 Å². The molecular formula is C12H21ClN2O3S. The second-order valence-electron chi connectivity index (χ2n) is 5.50. The number of nitrogens with zero attached hydrogens (tertiary/aromatic N) is 2. The van der Waals surface area contributed by atoms with Crippen LogP contribution in [-0.2, 0) is 13.8 Å². The van der Waals surface area contributed by atoms with Gasteiger partial charge in [0.15, 0.2) is 0 Å². The highest BCUT2D eigenvalue weighted by Crippen LogP contribution is 2.24. The largest absolute Gasteiger partial charge is 0.341 e. The third-order valence-electron chi connectivity index (χ3n) is 4.07.